The first kappa shape index (κ1) is 22.0. The van der Waals surface area contributed by atoms with E-state index >= 15 is 0 Å². The second-order valence-electron chi connectivity index (χ2n) is 7.37. The zero-order valence-electron chi connectivity index (χ0n) is 18.4. The van der Waals surface area contributed by atoms with Crippen LogP contribution in [0.5, 0.6) is 11.5 Å². The maximum atomic E-state index is 12.8. The summed E-state index contributed by atoms with van der Waals surface area (Å²) in [5.74, 6) is 0.994. The molecule has 170 valence electrons. The molecule has 0 aliphatic carbocycles. The van der Waals surface area contributed by atoms with Crippen LogP contribution in [0.4, 0.5) is 5.95 Å². The predicted molar refractivity (Wildman–Crippen MR) is 123 cm³/mol. The average Bonchev–Trinajstić information content (AvgIpc) is 3.26. The number of anilines is 1. The normalized spacial score (nSPS) is 10.8. The van der Waals surface area contributed by atoms with Crippen LogP contribution in [0.25, 0.3) is 10.9 Å². The number of aromatic nitrogens is 5. The number of rotatable bonds is 9. The minimum atomic E-state index is -0.222. The van der Waals surface area contributed by atoms with Gasteiger partial charge in [-0.05, 0) is 18.1 Å². The van der Waals surface area contributed by atoms with E-state index in [1.165, 1.54) is 25.1 Å². The lowest BCUT2D eigenvalue weighted by Gasteiger charge is -2.10. The SMILES string of the molecule is COc1cc2ncn(CCCC(=O)Nc3ncn(Cc4ccccc4)n3)c(=O)c2cc1OC. The van der Waals surface area contributed by atoms with Crippen LogP contribution < -0.4 is 20.3 Å². The van der Waals surface area contributed by atoms with Crippen molar-refractivity contribution in [2.45, 2.75) is 25.9 Å². The fourth-order valence-electron chi connectivity index (χ4n) is 3.44. The van der Waals surface area contributed by atoms with Crippen LogP contribution in [0.1, 0.15) is 18.4 Å². The molecule has 0 spiro atoms. The number of carbonyl (C=O) groups is 1. The van der Waals surface area contributed by atoms with E-state index in [1.54, 1.807) is 23.1 Å². The number of nitrogens with zero attached hydrogens (tertiary/aromatic N) is 5. The molecule has 1 N–H and O–H groups in total. The van der Waals surface area contributed by atoms with Crippen LogP contribution in [-0.4, -0.2) is 44.4 Å². The third-order valence-corrected chi connectivity index (χ3v) is 5.11. The highest BCUT2D eigenvalue weighted by Gasteiger charge is 2.12. The molecule has 0 aliphatic rings. The van der Waals surface area contributed by atoms with Crippen LogP contribution in [0, 0.1) is 0 Å². The number of fused-ring (bicyclic) bond motifs is 1. The second kappa shape index (κ2) is 9.94. The van der Waals surface area contributed by atoms with Gasteiger partial charge < -0.3 is 9.47 Å². The van der Waals surface area contributed by atoms with E-state index in [2.05, 4.69) is 20.4 Å². The standard InChI is InChI=1S/C23H24N6O4/c1-32-19-11-17-18(12-20(19)33-2)24-14-28(22(17)31)10-6-9-21(30)26-23-25-15-29(27-23)13-16-7-4-3-5-8-16/h3-5,7-8,11-12,14-15H,6,9-10,13H2,1-2H3,(H,26,27,30). The van der Waals surface area contributed by atoms with Gasteiger partial charge in [-0.2, -0.15) is 0 Å². The molecule has 0 unspecified atom stereocenters. The van der Waals surface area contributed by atoms with Gasteiger partial charge in [-0.3, -0.25) is 19.5 Å². The van der Waals surface area contributed by atoms with Gasteiger partial charge >= 0.3 is 0 Å². The van der Waals surface area contributed by atoms with Crippen LogP contribution in [-0.2, 0) is 17.9 Å². The summed E-state index contributed by atoms with van der Waals surface area (Å²) in [5.41, 5.74) is 1.40. The second-order valence-corrected chi connectivity index (χ2v) is 7.37. The zero-order valence-corrected chi connectivity index (χ0v) is 18.4. The fraction of sp³-hybridized carbons (Fsp3) is 0.261. The molecule has 0 aliphatic heterocycles. The molecule has 2 aromatic carbocycles. The Hall–Kier alpha value is -4.21. The van der Waals surface area contributed by atoms with Gasteiger partial charge in [-0.15, -0.1) is 5.10 Å². The Bertz CT molecular complexity index is 1320. The molecule has 0 saturated carbocycles. The number of aryl methyl sites for hydroxylation is 1. The number of ether oxygens (including phenoxy) is 2. The molecule has 33 heavy (non-hydrogen) atoms. The molecule has 10 heteroatoms. The topological polar surface area (TPSA) is 113 Å². The first-order valence-corrected chi connectivity index (χ1v) is 10.4. The molecule has 10 nitrogen and oxygen atoms in total. The monoisotopic (exact) mass is 448 g/mol. The van der Waals surface area contributed by atoms with Crippen molar-refractivity contribution in [3.8, 4) is 11.5 Å². The maximum Gasteiger partial charge on any atom is 0.261 e. The third kappa shape index (κ3) is 5.17. The van der Waals surface area contributed by atoms with Gasteiger partial charge in [-0.25, -0.2) is 14.6 Å². The summed E-state index contributed by atoms with van der Waals surface area (Å²) in [6, 6.07) is 13.1. The van der Waals surface area contributed by atoms with E-state index in [0.717, 1.165) is 5.56 Å². The number of methoxy groups -OCH3 is 2. The van der Waals surface area contributed by atoms with Crippen molar-refractivity contribution < 1.29 is 14.3 Å². The largest absolute Gasteiger partial charge is 0.493 e. The van der Waals surface area contributed by atoms with Crippen LogP contribution in [0.15, 0.2) is 59.9 Å². The number of benzene rings is 2. The van der Waals surface area contributed by atoms with Gasteiger partial charge in [0.1, 0.15) is 6.33 Å². The summed E-state index contributed by atoms with van der Waals surface area (Å²) >= 11 is 0. The van der Waals surface area contributed by atoms with E-state index in [1.807, 2.05) is 30.3 Å². The highest BCUT2D eigenvalue weighted by molar-refractivity contribution is 5.88. The van der Waals surface area contributed by atoms with E-state index in [4.69, 9.17) is 9.47 Å². The Labute approximate surface area is 189 Å². The summed E-state index contributed by atoms with van der Waals surface area (Å²) in [6.07, 6.45) is 3.72. The van der Waals surface area contributed by atoms with Crippen LogP contribution in [0.3, 0.4) is 0 Å². The molecule has 0 radical (unpaired) electrons. The molecule has 4 aromatic rings. The molecule has 2 aromatic heterocycles. The highest BCUT2D eigenvalue weighted by atomic mass is 16.5. The predicted octanol–water partition coefficient (Wildman–Crippen LogP) is 2.47. The van der Waals surface area contributed by atoms with Crippen molar-refractivity contribution in [1.82, 2.24) is 24.3 Å². The van der Waals surface area contributed by atoms with Gasteiger partial charge in [0.25, 0.3) is 5.56 Å². The minimum absolute atomic E-state index is 0.206. The minimum Gasteiger partial charge on any atom is -0.493 e. The van der Waals surface area contributed by atoms with Gasteiger partial charge in [0.05, 0.1) is 38.0 Å². The number of amides is 1. The molecule has 0 bridgehead atoms. The Morgan fingerprint density at radius 2 is 1.79 bits per heavy atom. The molecular weight excluding hydrogens is 424 g/mol. The van der Waals surface area contributed by atoms with Crippen molar-refractivity contribution in [1.29, 1.82) is 0 Å². The van der Waals surface area contributed by atoms with Crippen molar-refractivity contribution in [2.24, 2.45) is 0 Å². The maximum absolute atomic E-state index is 12.8. The summed E-state index contributed by atoms with van der Waals surface area (Å²) in [5, 5.41) is 7.39. The van der Waals surface area contributed by atoms with E-state index in [-0.39, 0.29) is 23.8 Å². The summed E-state index contributed by atoms with van der Waals surface area (Å²) < 4.78 is 13.7. The number of carbonyl (C=O) groups excluding carboxylic acids is 1. The smallest absolute Gasteiger partial charge is 0.261 e. The Morgan fingerprint density at radius 1 is 1.03 bits per heavy atom. The summed E-state index contributed by atoms with van der Waals surface area (Å²) in [7, 11) is 3.04. The number of hydrogen-bond acceptors (Lipinski definition) is 7. The molecule has 0 atom stereocenters. The number of hydrogen-bond donors (Lipinski definition) is 1. The van der Waals surface area contributed by atoms with Crippen molar-refractivity contribution in [3.63, 3.8) is 0 Å². The molecule has 0 fully saturated rings. The molecule has 0 saturated heterocycles. The van der Waals surface area contributed by atoms with Gasteiger partial charge in [0.15, 0.2) is 11.5 Å². The lowest BCUT2D eigenvalue weighted by molar-refractivity contribution is -0.116. The average molecular weight is 448 g/mol. The Balaban J connectivity index is 1.34. The first-order valence-electron chi connectivity index (χ1n) is 10.4. The third-order valence-electron chi connectivity index (χ3n) is 5.11. The van der Waals surface area contributed by atoms with Gasteiger partial charge in [0, 0.05) is 19.0 Å². The van der Waals surface area contributed by atoms with Crippen molar-refractivity contribution in [3.05, 3.63) is 71.0 Å². The highest BCUT2D eigenvalue weighted by Crippen LogP contribution is 2.29. The van der Waals surface area contributed by atoms with Gasteiger partial charge in [0.2, 0.25) is 11.9 Å². The number of nitrogens with one attached hydrogen (secondary N) is 1. The van der Waals surface area contributed by atoms with E-state index in [9.17, 15) is 9.59 Å². The Kier molecular flexibility index (Phi) is 6.63. The lowest BCUT2D eigenvalue weighted by Crippen LogP contribution is -2.22. The lowest BCUT2D eigenvalue weighted by atomic mass is 10.2. The molecule has 1 amide bonds. The van der Waals surface area contributed by atoms with Crippen molar-refractivity contribution >= 4 is 22.8 Å². The zero-order chi connectivity index (χ0) is 23.2. The summed E-state index contributed by atoms with van der Waals surface area (Å²) in [6.45, 7) is 0.914. The molecule has 2 heterocycles. The first-order chi connectivity index (χ1) is 16.1. The van der Waals surface area contributed by atoms with Crippen LogP contribution in [0.2, 0.25) is 0 Å². The quantitative estimate of drug-likeness (QED) is 0.418. The molecule has 4 rings (SSSR count). The van der Waals surface area contributed by atoms with E-state index < -0.39 is 0 Å². The van der Waals surface area contributed by atoms with Crippen molar-refractivity contribution in [2.75, 3.05) is 19.5 Å². The Morgan fingerprint density at radius 3 is 2.55 bits per heavy atom. The van der Waals surface area contributed by atoms with E-state index in [0.29, 0.717) is 41.9 Å². The fourth-order valence-corrected chi connectivity index (χ4v) is 3.44. The summed E-state index contributed by atoms with van der Waals surface area (Å²) in [4.78, 5) is 33.6. The molecular formula is C23H24N6O4. The van der Waals surface area contributed by atoms with Crippen LogP contribution >= 0.6 is 0 Å². The van der Waals surface area contributed by atoms with Gasteiger partial charge in [-0.1, -0.05) is 30.3 Å².